The third-order valence-corrected chi connectivity index (χ3v) is 7.32. The zero-order chi connectivity index (χ0) is 23.9. The Kier molecular flexibility index (Phi) is 8.17. The molecule has 4 rings (SSSR count). The first kappa shape index (κ1) is 24.2. The summed E-state index contributed by atoms with van der Waals surface area (Å²) in [4.78, 5) is 20.2. The molecule has 1 aliphatic heterocycles. The fourth-order valence-corrected chi connectivity index (χ4v) is 5.25. The molecule has 34 heavy (non-hydrogen) atoms. The second kappa shape index (κ2) is 11.5. The highest BCUT2D eigenvalue weighted by molar-refractivity contribution is 7.10. The van der Waals surface area contributed by atoms with Crippen LogP contribution in [0.5, 0.6) is 5.75 Å². The summed E-state index contributed by atoms with van der Waals surface area (Å²) < 4.78 is 10.5. The minimum absolute atomic E-state index is 0.159. The van der Waals surface area contributed by atoms with Crippen LogP contribution in [0.15, 0.2) is 48.0 Å². The summed E-state index contributed by atoms with van der Waals surface area (Å²) in [6, 6.07) is 11.5. The van der Waals surface area contributed by atoms with E-state index in [0.29, 0.717) is 19.5 Å². The SMILES string of the molecule is COC(=O)[C@H]1CN(CC#Cc2cccs2)CC[C@H]1CCC(O)c1ccnc2ccc(OC)cc12. The number of carbonyl (C=O) groups excluding carboxylic acids is 1. The molecule has 1 aliphatic rings. The van der Waals surface area contributed by atoms with Gasteiger partial charge >= 0.3 is 5.97 Å². The molecule has 0 aliphatic carbocycles. The summed E-state index contributed by atoms with van der Waals surface area (Å²) in [7, 11) is 3.07. The summed E-state index contributed by atoms with van der Waals surface area (Å²) in [6.45, 7) is 2.14. The van der Waals surface area contributed by atoms with Crippen LogP contribution >= 0.6 is 11.3 Å². The molecule has 1 saturated heterocycles. The molecule has 0 bridgehead atoms. The number of ether oxygens (including phenoxy) is 2. The highest BCUT2D eigenvalue weighted by Gasteiger charge is 2.35. The summed E-state index contributed by atoms with van der Waals surface area (Å²) in [5.74, 6) is 6.90. The lowest BCUT2D eigenvalue weighted by Crippen LogP contribution is -2.44. The van der Waals surface area contributed by atoms with E-state index in [1.165, 1.54) is 7.11 Å². The molecule has 7 heteroatoms. The predicted octanol–water partition coefficient (Wildman–Crippen LogP) is 4.28. The molecule has 0 radical (unpaired) electrons. The third-order valence-electron chi connectivity index (χ3n) is 6.53. The Bertz CT molecular complexity index is 1170. The topological polar surface area (TPSA) is 71.9 Å². The molecule has 1 fully saturated rings. The van der Waals surface area contributed by atoms with Gasteiger partial charge in [0, 0.05) is 18.1 Å². The van der Waals surface area contributed by atoms with Gasteiger partial charge in [-0.1, -0.05) is 17.9 Å². The molecule has 6 nitrogen and oxygen atoms in total. The lowest BCUT2D eigenvalue weighted by Gasteiger charge is -2.36. The number of hydrogen-bond acceptors (Lipinski definition) is 7. The fourth-order valence-electron chi connectivity index (χ4n) is 4.66. The van der Waals surface area contributed by atoms with Crippen molar-refractivity contribution in [1.29, 1.82) is 0 Å². The summed E-state index contributed by atoms with van der Waals surface area (Å²) in [5, 5.41) is 13.9. The summed E-state index contributed by atoms with van der Waals surface area (Å²) >= 11 is 1.63. The van der Waals surface area contributed by atoms with Crippen molar-refractivity contribution in [2.24, 2.45) is 11.8 Å². The molecule has 3 heterocycles. The molecule has 1 N–H and O–H groups in total. The van der Waals surface area contributed by atoms with Gasteiger partial charge in [0.2, 0.25) is 0 Å². The summed E-state index contributed by atoms with van der Waals surface area (Å²) in [5.41, 5.74) is 1.65. The number of esters is 1. The molecule has 178 valence electrons. The van der Waals surface area contributed by atoms with Crippen molar-refractivity contribution in [2.45, 2.75) is 25.4 Å². The second-order valence-electron chi connectivity index (χ2n) is 8.57. The number of fused-ring (bicyclic) bond motifs is 1. The maximum atomic E-state index is 12.6. The molecule has 2 aromatic heterocycles. The Morgan fingerprint density at radius 3 is 2.97 bits per heavy atom. The largest absolute Gasteiger partial charge is 0.497 e. The lowest BCUT2D eigenvalue weighted by atomic mass is 9.81. The first-order chi connectivity index (χ1) is 16.6. The van der Waals surface area contributed by atoms with Crippen molar-refractivity contribution < 1.29 is 19.4 Å². The highest BCUT2D eigenvalue weighted by atomic mass is 32.1. The van der Waals surface area contributed by atoms with Crippen LogP contribution in [0.4, 0.5) is 0 Å². The average molecular weight is 479 g/mol. The smallest absolute Gasteiger partial charge is 0.310 e. The van der Waals surface area contributed by atoms with Gasteiger partial charge in [-0.3, -0.25) is 14.7 Å². The fraction of sp³-hybridized carbons (Fsp3) is 0.407. The number of rotatable bonds is 7. The number of piperidine rings is 1. The number of thiophene rings is 1. The number of carbonyl (C=O) groups is 1. The number of benzene rings is 1. The Hall–Kier alpha value is -2.92. The van der Waals surface area contributed by atoms with Crippen LogP contribution in [0.3, 0.4) is 0 Å². The van der Waals surface area contributed by atoms with E-state index in [4.69, 9.17) is 9.47 Å². The number of nitrogens with zero attached hydrogens (tertiary/aromatic N) is 2. The van der Waals surface area contributed by atoms with Crippen LogP contribution in [-0.4, -0.2) is 54.8 Å². The van der Waals surface area contributed by atoms with Gasteiger partial charge in [0.15, 0.2) is 0 Å². The zero-order valence-electron chi connectivity index (χ0n) is 19.6. The third kappa shape index (κ3) is 5.76. The normalized spacial score (nSPS) is 19.3. The summed E-state index contributed by atoms with van der Waals surface area (Å²) in [6.07, 6.45) is 3.25. The van der Waals surface area contributed by atoms with Crippen LogP contribution in [-0.2, 0) is 9.53 Å². The van der Waals surface area contributed by atoms with Crippen molar-refractivity contribution in [1.82, 2.24) is 9.88 Å². The minimum atomic E-state index is -0.648. The number of methoxy groups -OCH3 is 2. The first-order valence-corrected chi connectivity index (χ1v) is 12.4. The maximum Gasteiger partial charge on any atom is 0.310 e. The predicted molar refractivity (Wildman–Crippen MR) is 134 cm³/mol. The van der Waals surface area contributed by atoms with Crippen molar-refractivity contribution in [3.05, 3.63) is 58.4 Å². The molecular formula is C27H30N2O4S. The van der Waals surface area contributed by atoms with Crippen molar-refractivity contribution >= 4 is 28.2 Å². The molecule has 0 amide bonds. The van der Waals surface area contributed by atoms with Gasteiger partial charge < -0.3 is 14.6 Å². The first-order valence-electron chi connectivity index (χ1n) is 11.5. The van der Waals surface area contributed by atoms with Crippen LogP contribution in [0, 0.1) is 23.7 Å². The van der Waals surface area contributed by atoms with E-state index in [-0.39, 0.29) is 17.8 Å². The molecule has 3 atom stereocenters. The lowest BCUT2D eigenvalue weighted by molar-refractivity contribution is -0.150. The van der Waals surface area contributed by atoms with E-state index in [1.54, 1.807) is 24.6 Å². The monoisotopic (exact) mass is 478 g/mol. The number of aliphatic hydroxyl groups excluding tert-OH is 1. The minimum Gasteiger partial charge on any atom is -0.497 e. The van der Waals surface area contributed by atoms with Crippen LogP contribution in [0.1, 0.15) is 35.8 Å². The van der Waals surface area contributed by atoms with E-state index in [2.05, 4.69) is 21.7 Å². The van der Waals surface area contributed by atoms with Crippen molar-refractivity contribution in [2.75, 3.05) is 33.9 Å². The molecular weight excluding hydrogens is 448 g/mol. The quantitative estimate of drug-likeness (QED) is 0.404. The standard InChI is InChI=1S/C27H30N2O4S/c1-32-20-8-9-25-23(17-20)22(11-13-28-25)26(30)10-7-19-12-15-29(18-24(19)27(31)33-2)14-3-5-21-6-4-16-34-21/h4,6,8-9,11,13,16-17,19,24,26,30H,7,10,12,14-15,18H2,1-2H3/t19-,24+,26?/m1/s1. The Labute approximate surface area is 204 Å². The molecule has 0 spiro atoms. The maximum absolute atomic E-state index is 12.6. The highest BCUT2D eigenvalue weighted by Crippen LogP contribution is 2.34. The van der Waals surface area contributed by atoms with Crippen molar-refractivity contribution in [3.8, 4) is 17.6 Å². The Morgan fingerprint density at radius 2 is 2.21 bits per heavy atom. The van der Waals surface area contributed by atoms with Crippen molar-refractivity contribution in [3.63, 3.8) is 0 Å². The second-order valence-corrected chi connectivity index (χ2v) is 9.52. The van der Waals surface area contributed by atoms with Gasteiger partial charge in [-0.15, -0.1) is 11.3 Å². The Morgan fingerprint density at radius 1 is 1.32 bits per heavy atom. The van der Waals surface area contributed by atoms with Gasteiger partial charge in [0.05, 0.1) is 43.2 Å². The molecule has 3 aromatic rings. The zero-order valence-corrected chi connectivity index (χ0v) is 20.4. The number of pyridine rings is 1. The van der Waals surface area contributed by atoms with Gasteiger partial charge in [0.1, 0.15) is 5.75 Å². The Balaban J connectivity index is 1.40. The van der Waals surface area contributed by atoms with Gasteiger partial charge in [-0.25, -0.2) is 0 Å². The van der Waals surface area contributed by atoms with E-state index < -0.39 is 6.10 Å². The van der Waals surface area contributed by atoms with Gasteiger partial charge in [0.25, 0.3) is 0 Å². The van der Waals surface area contributed by atoms with E-state index >= 15 is 0 Å². The van der Waals surface area contributed by atoms with Gasteiger partial charge in [-0.2, -0.15) is 0 Å². The van der Waals surface area contributed by atoms with E-state index in [0.717, 1.165) is 46.5 Å². The number of likely N-dealkylation sites (tertiary alicyclic amines) is 1. The van der Waals surface area contributed by atoms with Crippen LogP contribution in [0.25, 0.3) is 10.9 Å². The number of aliphatic hydroxyl groups is 1. The number of aromatic nitrogens is 1. The molecule has 0 saturated carbocycles. The van der Waals surface area contributed by atoms with E-state index in [9.17, 15) is 9.90 Å². The van der Waals surface area contributed by atoms with Gasteiger partial charge in [-0.05, 0) is 73.0 Å². The number of hydrogen-bond donors (Lipinski definition) is 1. The van der Waals surface area contributed by atoms with Crippen LogP contribution in [0.2, 0.25) is 0 Å². The van der Waals surface area contributed by atoms with E-state index in [1.807, 2.05) is 41.8 Å². The van der Waals surface area contributed by atoms with Crippen LogP contribution < -0.4 is 4.74 Å². The molecule has 1 unspecified atom stereocenters. The molecule has 1 aromatic carbocycles. The average Bonchev–Trinajstić information content (AvgIpc) is 3.40.